The molecule has 0 heterocycles. The first kappa shape index (κ1) is 20.2. The summed E-state index contributed by atoms with van der Waals surface area (Å²) in [6.45, 7) is 2.05. The highest BCUT2D eigenvalue weighted by Crippen LogP contribution is 2.32. The molecule has 0 fully saturated rings. The number of nitro groups is 1. The smallest absolute Gasteiger partial charge is 0.321 e. The molecule has 1 unspecified atom stereocenters. The summed E-state index contributed by atoms with van der Waals surface area (Å²) in [6.07, 6.45) is 0. The molecular formula is C14H14F3N3O5. The molecule has 0 N–H and O–H groups in total. The van der Waals surface area contributed by atoms with Crippen LogP contribution in [0.5, 0.6) is 0 Å². The summed E-state index contributed by atoms with van der Waals surface area (Å²) in [7, 11) is 0.931. The molecule has 0 radical (unpaired) electrons. The number of hydrogen-bond donors (Lipinski definition) is 0. The van der Waals surface area contributed by atoms with Gasteiger partial charge in [0.1, 0.15) is 17.3 Å². The molecule has 0 amide bonds. The van der Waals surface area contributed by atoms with Crippen LogP contribution < -0.4 is 0 Å². The first-order valence-electron chi connectivity index (χ1n) is 6.95. The standard InChI is InChI=1S/C14H14F3N3O5/c1-4-18-19-5-7(14(22)25-3)13(21)8-9(15)6(2)10(16)11(17)12(8)20(23)24/h7H,4-5H2,1-3H3. The largest absolute Gasteiger partial charge is 0.468 e. The first-order valence-corrected chi connectivity index (χ1v) is 6.95. The van der Waals surface area contributed by atoms with E-state index in [4.69, 9.17) is 0 Å². The van der Waals surface area contributed by atoms with E-state index >= 15 is 0 Å². The minimum Gasteiger partial charge on any atom is -0.468 e. The molecule has 11 heteroatoms. The fourth-order valence-electron chi connectivity index (χ4n) is 1.98. The second-order valence-electron chi connectivity index (χ2n) is 4.77. The lowest BCUT2D eigenvalue weighted by Crippen LogP contribution is -2.30. The van der Waals surface area contributed by atoms with Gasteiger partial charge in [-0.05, 0) is 13.8 Å². The third-order valence-corrected chi connectivity index (χ3v) is 3.25. The summed E-state index contributed by atoms with van der Waals surface area (Å²) in [5, 5.41) is 18.1. The minimum absolute atomic E-state index is 0.223. The molecule has 1 aromatic carbocycles. The Hall–Kier alpha value is -2.85. The van der Waals surface area contributed by atoms with Crippen LogP contribution in [0, 0.1) is 40.4 Å². The Morgan fingerprint density at radius 1 is 1.20 bits per heavy atom. The van der Waals surface area contributed by atoms with E-state index in [9.17, 15) is 32.9 Å². The summed E-state index contributed by atoms with van der Waals surface area (Å²) in [4.78, 5) is 33.8. The number of carbonyl (C=O) groups is 2. The zero-order valence-electron chi connectivity index (χ0n) is 13.5. The number of benzene rings is 1. The molecule has 136 valence electrons. The molecular weight excluding hydrogens is 347 g/mol. The molecule has 0 saturated heterocycles. The Bertz CT molecular complexity index is 752. The maximum absolute atomic E-state index is 14.3. The SMILES string of the molecule is CCN=NCC(C(=O)OC)C(=O)c1c(F)c(C)c(F)c(F)c1[N+](=O)[O-]. The van der Waals surface area contributed by atoms with Crippen molar-refractivity contribution < 1.29 is 32.4 Å². The van der Waals surface area contributed by atoms with Crippen LogP contribution in [0.2, 0.25) is 0 Å². The van der Waals surface area contributed by atoms with E-state index in [0.29, 0.717) is 0 Å². The number of ether oxygens (including phenoxy) is 1. The monoisotopic (exact) mass is 361 g/mol. The molecule has 1 aromatic rings. The number of Topliss-reactive ketones (excluding diaryl/α,β-unsaturated/α-hetero) is 1. The minimum atomic E-state index is -1.99. The predicted molar refractivity (Wildman–Crippen MR) is 77.8 cm³/mol. The fraction of sp³-hybridized carbons (Fsp3) is 0.429. The number of hydrogen-bond acceptors (Lipinski definition) is 7. The molecule has 25 heavy (non-hydrogen) atoms. The number of ketones is 1. The van der Waals surface area contributed by atoms with Crippen molar-refractivity contribution in [3.8, 4) is 0 Å². The molecule has 0 bridgehead atoms. The van der Waals surface area contributed by atoms with Gasteiger partial charge in [-0.15, -0.1) is 0 Å². The van der Waals surface area contributed by atoms with Crippen LogP contribution in [0.15, 0.2) is 10.2 Å². The molecule has 0 aliphatic heterocycles. The number of methoxy groups -OCH3 is 1. The Morgan fingerprint density at radius 2 is 1.80 bits per heavy atom. The predicted octanol–water partition coefficient (Wildman–Crippen LogP) is 2.76. The van der Waals surface area contributed by atoms with Crippen molar-refractivity contribution >= 4 is 17.4 Å². The van der Waals surface area contributed by atoms with Crippen LogP contribution in [0.1, 0.15) is 22.8 Å². The van der Waals surface area contributed by atoms with Gasteiger partial charge in [0, 0.05) is 5.56 Å². The Morgan fingerprint density at radius 3 is 2.28 bits per heavy atom. The van der Waals surface area contributed by atoms with Crippen LogP contribution in [-0.4, -0.2) is 36.9 Å². The van der Waals surface area contributed by atoms with Gasteiger partial charge in [-0.3, -0.25) is 19.7 Å². The molecule has 8 nitrogen and oxygen atoms in total. The second kappa shape index (κ2) is 8.31. The number of nitro benzene ring substituents is 1. The van der Waals surface area contributed by atoms with Crippen LogP contribution in [-0.2, 0) is 9.53 Å². The van der Waals surface area contributed by atoms with Crippen molar-refractivity contribution in [3.05, 3.63) is 38.7 Å². The van der Waals surface area contributed by atoms with Crippen molar-refractivity contribution in [2.24, 2.45) is 16.1 Å². The third-order valence-electron chi connectivity index (χ3n) is 3.25. The molecule has 0 spiro atoms. The Kier molecular flexibility index (Phi) is 6.71. The lowest BCUT2D eigenvalue weighted by atomic mass is 9.94. The number of rotatable bonds is 7. The van der Waals surface area contributed by atoms with E-state index in [2.05, 4.69) is 15.0 Å². The molecule has 0 saturated carbocycles. The van der Waals surface area contributed by atoms with Gasteiger partial charge in [-0.25, -0.2) is 8.78 Å². The Labute approximate surface area is 139 Å². The summed E-state index contributed by atoms with van der Waals surface area (Å²) >= 11 is 0. The van der Waals surface area contributed by atoms with Crippen molar-refractivity contribution in [1.82, 2.24) is 0 Å². The zero-order valence-corrected chi connectivity index (χ0v) is 13.5. The highest BCUT2D eigenvalue weighted by molar-refractivity contribution is 6.11. The summed E-state index contributed by atoms with van der Waals surface area (Å²) in [6, 6.07) is 0. The number of halogens is 3. The summed E-state index contributed by atoms with van der Waals surface area (Å²) in [5.74, 6) is -9.83. The van der Waals surface area contributed by atoms with Gasteiger partial charge >= 0.3 is 11.7 Å². The zero-order chi connectivity index (χ0) is 19.3. The average Bonchev–Trinajstić information content (AvgIpc) is 2.58. The van der Waals surface area contributed by atoms with Crippen LogP contribution in [0.4, 0.5) is 18.9 Å². The van der Waals surface area contributed by atoms with Gasteiger partial charge in [0.2, 0.25) is 5.82 Å². The van der Waals surface area contributed by atoms with E-state index in [-0.39, 0.29) is 6.54 Å². The number of nitrogens with zero attached hydrogens (tertiary/aromatic N) is 3. The molecule has 1 atom stereocenters. The lowest BCUT2D eigenvalue weighted by Gasteiger charge is -2.13. The number of carbonyl (C=O) groups excluding carboxylic acids is 2. The summed E-state index contributed by atoms with van der Waals surface area (Å²) < 4.78 is 46.1. The maximum atomic E-state index is 14.3. The molecule has 1 rings (SSSR count). The number of esters is 1. The van der Waals surface area contributed by atoms with Crippen LogP contribution in [0.25, 0.3) is 0 Å². The van der Waals surface area contributed by atoms with Gasteiger partial charge < -0.3 is 4.74 Å². The van der Waals surface area contributed by atoms with Crippen molar-refractivity contribution in [2.75, 3.05) is 20.2 Å². The van der Waals surface area contributed by atoms with Crippen LogP contribution >= 0.6 is 0 Å². The van der Waals surface area contributed by atoms with E-state index in [1.54, 1.807) is 6.92 Å². The van der Waals surface area contributed by atoms with Crippen molar-refractivity contribution in [1.29, 1.82) is 0 Å². The van der Waals surface area contributed by atoms with Gasteiger partial charge in [0.15, 0.2) is 11.6 Å². The van der Waals surface area contributed by atoms with Gasteiger partial charge in [-0.1, -0.05) is 0 Å². The lowest BCUT2D eigenvalue weighted by molar-refractivity contribution is -0.388. The second-order valence-corrected chi connectivity index (χ2v) is 4.77. The van der Waals surface area contributed by atoms with E-state index in [1.807, 2.05) is 0 Å². The quantitative estimate of drug-likeness (QED) is 0.141. The topological polar surface area (TPSA) is 111 Å². The van der Waals surface area contributed by atoms with E-state index in [1.165, 1.54) is 0 Å². The highest BCUT2D eigenvalue weighted by Gasteiger charge is 2.40. The summed E-state index contributed by atoms with van der Waals surface area (Å²) in [5.41, 5.74) is -3.96. The highest BCUT2D eigenvalue weighted by atomic mass is 19.2. The maximum Gasteiger partial charge on any atom is 0.321 e. The fourth-order valence-corrected chi connectivity index (χ4v) is 1.98. The van der Waals surface area contributed by atoms with Gasteiger partial charge in [0.05, 0.1) is 25.1 Å². The first-order chi connectivity index (χ1) is 11.7. The Balaban J connectivity index is 3.60. The number of azo groups is 1. The molecule has 0 aliphatic rings. The van der Waals surface area contributed by atoms with E-state index in [0.717, 1.165) is 14.0 Å². The van der Waals surface area contributed by atoms with Gasteiger partial charge in [0.25, 0.3) is 0 Å². The average molecular weight is 361 g/mol. The normalized spacial score (nSPS) is 12.2. The van der Waals surface area contributed by atoms with E-state index < -0.39 is 63.4 Å². The van der Waals surface area contributed by atoms with Gasteiger partial charge in [-0.2, -0.15) is 14.6 Å². The van der Waals surface area contributed by atoms with Crippen LogP contribution in [0.3, 0.4) is 0 Å². The van der Waals surface area contributed by atoms with Crippen molar-refractivity contribution in [3.63, 3.8) is 0 Å². The molecule has 0 aliphatic carbocycles. The molecule has 0 aromatic heterocycles. The van der Waals surface area contributed by atoms with Crippen molar-refractivity contribution in [2.45, 2.75) is 13.8 Å². The third kappa shape index (κ3) is 3.98.